The second kappa shape index (κ2) is 2.42. The molecule has 0 radical (unpaired) electrons. The van der Waals surface area contributed by atoms with Crippen LogP contribution in [0.15, 0.2) is 4.79 Å². The third-order valence-corrected chi connectivity index (χ3v) is 2.09. The molecule has 2 aromatic heterocycles. The molecule has 5 heteroatoms. The van der Waals surface area contributed by atoms with Crippen molar-refractivity contribution in [2.24, 2.45) is 7.05 Å². The van der Waals surface area contributed by atoms with Gasteiger partial charge in [-0.1, -0.05) is 0 Å². The highest BCUT2D eigenvalue weighted by Crippen LogP contribution is 2.06. The molecule has 0 fully saturated rings. The summed E-state index contributed by atoms with van der Waals surface area (Å²) in [4.78, 5) is 19.7. The minimum absolute atomic E-state index is 0.187. The normalized spacial score (nSPS) is 11.0. The first-order chi connectivity index (χ1) is 6.09. The lowest BCUT2D eigenvalue weighted by molar-refractivity contribution is 0.772. The Morgan fingerprint density at radius 2 is 1.85 bits per heavy atom. The van der Waals surface area contributed by atoms with E-state index in [9.17, 15) is 4.79 Å². The number of H-pyrrole nitrogens is 1. The van der Waals surface area contributed by atoms with Gasteiger partial charge in [-0.2, -0.15) is 0 Å². The Balaban J connectivity index is 3.00. The predicted molar refractivity (Wildman–Crippen MR) is 48.6 cm³/mol. The molecule has 0 aliphatic heterocycles. The quantitative estimate of drug-likeness (QED) is 0.630. The van der Waals surface area contributed by atoms with Crippen molar-refractivity contribution in [3.63, 3.8) is 0 Å². The Morgan fingerprint density at radius 1 is 1.23 bits per heavy atom. The summed E-state index contributed by atoms with van der Waals surface area (Å²) < 4.78 is 1.58. The fourth-order valence-electron chi connectivity index (χ4n) is 1.24. The zero-order valence-corrected chi connectivity index (χ0v) is 7.75. The monoisotopic (exact) mass is 178 g/mol. The molecule has 0 aliphatic carbocycles. The summed E-state index contributed by atoms with van der Waals surface area (Å²) in [5.74, 6) is 0. The molecule has 2 heterocycles. The molecule has 5 nitrogen and oxygen atoms in total. The van der Waals surface area contributed by atoms with E-state index in [1.807, 2.05) is 13.8 Å². The molecular weight excluding hydrogens is 168 g/mol. The Bertz CT molecular complexity index is 523. The van der Waals surface area contributed by atoms with E-state index in [1.165, 1.54) is 0 Å². The number of nitrogens with one attached hydrogen (secondary N) is 1. The first-order valence-electron chi connectivity index (χ1n) is 3.99. The Labute approximate surface area is 74.4 Å². The van der Waals surface area contributed by atoms with Crippen LogP contribution in [0.2, 0.25) is 0 Å². The number of fused-ring (bicyclic) bond motifs is 1. The number of hydrogen-bond donors (Lipinski definition) is 1. The zero-order valence-electron chi connectivity index (χ0n) is 7.75. The van der Waals surface area contributed by atoms with Crippen LogP contribution in [-0.4, -0.2) is 19.7 Å². The molecular formula is C8H10N4O. The molecule has 2 rings (SSSR count). The van der Waals surface area contributed by atoms with E-state index >= 15 is 0 Å². The molecule has 13 heavy (non-hydrogen) atoms. The van der Waals surface area contributed by atoms with Gasteiger partial charge in [0.1, 0.15) is 0 Å². The molecule has 0 bridgehead atoms. The number of rotatable bonds is 0. The SMILES string of the molecule is Cc1nc2c(=O)[nH]n(C)c2nc1C. The van der Waals surface area contributed by atoms with Crippen LogP contribution in [0.1, 0.15) is 11.4 Å². The van der Waals surface area contributed by atoms with Crippen LogP contribution in [0.5, 0.6) is 0 Å². The maximum absolute atomic E-state index is 11.3. The molecule has 0 aliphatic rings. The van der Waals surface area contributed by atoms with Crippen LogP contribution in [0, 0.1) is 13.8 Å². The van der Waals surface area contributed by atoms with Crippen molar-refractivity contribution >= 4 is 11.2 Å². The van der Waals surface area contributed by atoms with Gasteiger partial charge in [-0.3, -0.25) is 14.6 Å². The van der Waals surface area contributed by atoms with E-state index in [0.717, 1.165) is 11.4 Å². The fourth-order valence-corrected chi connectivity index (χ4v) is 1.24. The second-order valence-electron chi connectivity index (χ2n) is 3.07. The van der Waals surface area contributed by atoms with Gasteiger partial charge in [0.2, 0.25) is 0 Å². The minimum Gasteiger partial charge on any atom is -0.269 e. The third kappa shape index (κ3) is 1.04. The van der Waals surface area contributed by atoms with E-state index in [-0.39, 0.29) is 5.56 Å². The van der Waals surface area contributed by atoms with Crippen molar-refractivity contribution in [1.82, 2.24) is 19.7 Å². The molecule has 0 spiro atoms. The smallest absolute Gasteiger partial charge is 0.269 e. The average Bonchev–Trinajstić information content (AvgIpc) is 2.31. The van der Waals surface area contributed by atoms with E-state index < -0.39 is 0 Å². The van der Waals surface area contributed by atoms with Crippen molar-refractivity contribution in [3.8, 4) is 0 Å². The van der Waals surface area contributed by atoms with Crippen molar-refractivity contribution in [2.75, 3.05) is 0 Å². The summed E-state index contributed by atoms with van der Waals surface area (Å²) in [6.07, 6.45) is 0. The van der Waals surface area contributed by atoms with Gasteiger partial charge in [-0.05, 0) is 13.8 Å². The van der Waals surface area contributed by atoms with Crippen LogP contribution in [0.25, 0.3) is 11.2 Å². The number of hydrogen-bond acceptors (Lipinski definition) is 3. The highest BCUT2D eigenvalue weighted by molar-refractivity contribution is 5.69. The van der Waals surface area contributed by atoms with Crippen LogP contribution in [0.3, 0.4) is 0 Å². The van der Waals surface area contributed by atoms with Gasteiger partial charge in [0.25, 0.3) is 5.56 Å². The van der Waals surface area contributed by atoms with Gasteiger partial charge in [-0.15, -0.1) is 0 Å². The van der Waals surface area contributed by atoms with Crippen molar-refractivity contribution in [3.05, 3.63) is 21.7 Å². The molecule has 0 atom stereocenters. The highest BCUT2D eigenvalue weighted by Gasteiger charge is 2.08. The van der Waals surface area contributed by atoms with Gasteiger partial charge in [0.05, 0.1) is 11.4 Å². The van der Waals surface area contributed by atoms with Gasteiger partial charge in [-0.25, -0.2) is 9.97 Å². The largest absolute Gasteiger partial charge is 0.292 e. The lowest BCUT2D eigenvalue weighted by Gasteiger charge is -1.97. The second-order valence-corrected chi connectivity index (χ2v) is 3.07. The molecule has 68 valence electrons. The maximum Gasteiger partial charge on any atom is 0.292 e. The zero-order chi connectivity index (χ0) is 9.59. The maximum atomic E-state index is 11.3. The average molecular weight is 178 g/mol. The molecule has 0 saturated carbocycles. The Morgan fingerprint density at radius 3 is 2.54 bits per heavy atom. The number of aromatic nitrogens is 4. The molecule has 0 saturated heterocycles. The first kappa shape index (κ1) is 7.97. The van der Waals surface area contributed by atoms with Gasteiger partial charge >= 0.3 is 0 Å². The van der Waals surface area contributed by atoms with Gasteiger partial charge < -0.3 is 0 Å². The highest BCUT2D eigenvalue weighted by atomic mass is 16.1. The third-order valence-electron chi connectivity index (χ3n) is 2.09. The molecule has 0 amide bonds. The Kier molecular flexibility index (Phi) is 1.48. The van der Waals surface area contributed by atoms with Crippen molar-refractivity contribution in [1.29, 1.82) is 0 Å². The lowest BCUT2D eigenvalue weighted by atomic mass is 10.3. The molecule has 0 aromatic carbocycles. The standard InChI is InChI=1S/C8H10N4O/c1-4-5(2)10-7-6(9-4)8(13)11-12(7)3/h1-3H3,(H,11,13). The summed E-state index contributed by atoms with van der Waals surface area (Å²) in [5.41, 5.74) is 2.47. The van der Waals surface area contributed by atoms with Crippen LogP contribution < -0.4 is 5.56 Å². The van der Waals surface area contributed by atoms with Crippen molar-refractivity contribution < 1.29 is 0 Å². The summed E-state index contributed by atoms with van der Waals surface area (Å²) in [6.45, 7) is 3.72. The molecule has 2 aromatic rings. The van der Waals surface area contributed by atoms with E-state index in [2.05, 4.69) is 15.1 Å². The molecule has 1 N–H and O–H groups in total. The van der Waals surface area contributed by atoms with Crippen LogP contribution >= 0.6 is 0 Å². The fraction of sp³-hybridized carbons (Fsp3) is 0.375. The van der Waals surface area contributed by atoms with Crippen molar-refractivity contribution in [2.45, 2.75) is 13.8 Å². The van der Waals surface area contributed by atoms with Crippen LogP contribution in [-0.2, 0) is 7.05 Å². The number of aromatic amines is 1. The summed E-state index contributed by atoms with van der Waals surface area (Å²) in [6, 6.07) is 0. The Hall–Kier alpha value is -1.65. The topological polar surface area (TPSA) is 63.6 Å². The van der Waals surface area contributed by atoms with Crippen LogP contribution in [0.4, 0.5) is 0 Å². The lowest BCUT2D eigenvalue weighted by Crippen LogP contribution is -2.02. The van der Waals surface area contributed by atoms with Gasteiger partial charge in [0.15, 0.2) is 11.2 Å². The summed E-state index contributed by atoms with van der Waals surface area (Å²) >= 11 is 0. The van der Waals surface area contributed by atoms with E-state index in [1.54, 1.807) is 11.7 Å². The summed E-state index contributed by atoms with van der Waals surface area (Å²) in [5, 5.41) is 2.61. The number of aryl methyl sites for hydroxylation is 3. The predicted octanol–water partition coefficient (Wildman–Crippen LogP) is 0.273. The van der Waals surface area contributed by atoms with Gasteiger partial charge in [0, 0.05) is 7.05 Å². The summed E-state index contributed by atoms with van der Waals surface area (Å²) in [7, 11) is 1.74. The number of nitrogens with zero attached hydrogens (tertiary/aromatic N) is 3. The minimum atomic E-state index is -0.187. The van der Waals surface area contributed by atoms with E-state index in [0.29, 0.717) is 11.2 Å². The van der Waals surface area contributed by atoms with E-state index in [4.69, 9.17) is 0 Å². The molecule has 0 unspecified atom stereocenters. The first-order valence-corrected chi connectivity index (χ1v) is 3.99.